The minimum atomic E-state index is 0.172. The number of nitrogens with zero attached hydrogens (tertiary/aromatic N) is 1. The van der Waals surface area contributed by atoms with Crippen molar-refractivity contribution in [3.05, 3.63) is 29.6 Å². The molecule has 2 heteroatoms. The maximum Gasteiger partial charge on any atom is 0.164 e. The topological polar surface area (TPSA) is 30.0 Å². The van der Waals surface area contributed by atoms with Crippen LogP contribution in [-0.2, 0) is 0 Å². The van der Waals surface area contributed by atoms with Crippen LogP contribution in [0.15, 0.2) is 18.5 Å². The van der Waals surface area contributed by atoms with E-state index in [-0.39, 0.29) is 11.2 Å². The first-order valence-corrected chi connectivity index (χ1v) is 5.76. The van der Waals surface area contributed by atoms with Crippen LogP contribution in [-0.4, -0.2) is 10.8 Å². The van der Waals surface area contributed by atoms with E-state index in [0.29, 0.717) is 12.3 Å². The molecule has 1 heterocycles. The molecule has 0 spiro atoms. The van der Waals surface area contributed by atoms with Gasteiger partial charge in [-0.3, -0.25) is 9.78 Å². The summed E-state index contributed by atoms with van der Waals surface area (Å²) >= 11 is 0. The Hall–Kier alpha value is -1.18. The van der Waals surface area contributed by atoms with Crippen molar-refractivity contribution >= 4 is 5.78 Å². The molecule has 0 saturated carbocycles. The molecule has 0 aromatic carbocycles. The zero-order valence-electron chi connectivity index (χ0n) is 10.9. The van der Waals surface area contributed by atoms with Crippen molar-refractivity contribution in [3.63, 3.8) is 0 Å². The Labute approximate surface area is 98.1 Å². The van der Waals surface area contributed by atoms with Crippen molar-refractivity contribution in [3.8, 4) is 0 Å². The quantitative estimate of drug-likeness (QED) is 0.726. The van der Waals surface area contributed by atoms with Crippen LogP contribution in [0, 0.1) is 18.3 Å². The lowest BCUT2D eigenvalue weighted by Crippen LogP contribution is -2.21. The summed E-state index contributed by atoms with van der Waals surface area (Å²) in [5.74, 6) is 0.577. The first-order chi connectivity index (χ1) is 7.32. The monoisotopic (exact) mass is 219 g/mol. The number of ketones is 1. The standard InChI is InChI=1S/C14H21NO/c1-10-6-7-15-9-12(10)13(16)8-11(2)14(3,4)5/h6-7,9,11H,8H2,1-5H3. The highest BCUT2D eigenvalue weighted by molar-refractivity contribution is 5.97. The van der Waals surface area contributed by atoms with E-state index in [2.05, 4.69) is 32.7 Å². The summed E-state index contributed by atoms with van der Waals surface area (Å²) in [7, 11) is 0. The van der Waals surface area contributed by atoms with Gasteiger partial charge in [-0.05, 0) is 29.9 Å². The van der Waals surface area contributed by atoms with Crippen LogP contribution in [0.4, 0.5) is 0 Å². The molecule has 0 saturated heterocycles. The summed E-state index contributed by atoms with van der Waals surface area (Å²) in [5, 5.41) is 0. The Bertz CT molecular complexity index is 377. The van der Waals surface area contributed by atoms with E-state index in [4.69, 9.17) is 0 Å². The number of carbonyl (C=O) groups is 1. The number of rotatable bonds is 3. The molecule has 2 nitrogen and oxygen atoms in total. The lowest BCUT2D eigenvalue weighted by atomic mass is 9.78. The highest BCUT2D eigenvalue weighted by Gasteiger charge is 2.23. The number of aromatic nitrogens is 1. The van der Waals surface area contributed by atoms with Gasteiger partial charge in [0, 0.05) is 24.4 Å². The summed E-state index contributed by atoms with van der Waals surface area (Å²) in [6, 6.07) is 1.88. The van der Waals surface area contributed by atoms with Gasteiger partial charge in [0.1, 0.15) is 0 Å². The van der Waals surface area contributed by atoms with E-state index < -0.39 is 0 Å². The molecule has 0 N–H and O–H groups in total. The fourth-order valence-electron chi connectivity index (χ4n) is 1.45. The summed E-state index contributed by atoms with van der Waals surface area (Å²) in [6.45, 7) is 10.6. The van der Waals surface area contributed by atoms with E-state index in [1.807, 2.05) is 13.0 Å². The van der Waals surface area contributed by atoms with Gasteiger partial charge in [0.25, 0.3) is 0 Å². The Morgan fingerprint density at radius 2 is 2.06 bits per heavy atom. The Morgan fingerprint density at radius 3 is 2.56 bits per heavy atom. The molecule has 88 valence electrons. The molecule has 16 heavy (non-hydrogen) atoms. The fraction of sp³-hybridized carbons (Fsp3) is 0.571. The number of carbonyl (C=O) groups excluding carboxylic acids is 1. The molecule has 0 aliphatic rings. The lowest BCUT2D eigenvalue weighted by Gasteiger charge is -2.26. The average Bonchev–Trinajstić information content (AvgIpc) is 2.16. The third-order valence-electron chi connectivity index (χ3n) is 3.31. The van der Waals surface area contributed by atoms with Gasteiger partial charge in [-0.2, -0.15) is 0 Å². The van der Waals surface area contributed by atoms with Crippen LogP contribution < -0.4 is 0 Å². The smallest absolute Gasteiger partial charge is 0.164 e. The van der Waals surface area contributed by atoms with Crippen LogP contribution >= 0.6 is 0 Å². The lowest BCUT2D eigenvalue weighted by molar-refractivity contribution is 0.0926. The Kier molecular flexibility index (Phi) is 3.84. The van der Waals surface area contributed by atoms with Crippen molar-refractivity contribution in [1.82, 2.24) is 4.98 Å². The molecule has 0 bridgehead atoms. The maximum atomic E-state index is 12.1. The van der Waals surface area contributed by atoms with Gasteiger partial charge in [0.15, 0.2) is 5.78 Å². The highest BCUT2D eigenvalue weighted by Crippen LogP contribution is 2.29. The number of pyridine rings is 1. The zero-order valence-corrected chi connectivity index (χ0v) is 10.9. The van der Waals surface area contributed by atoms with Crippen molar-refractivity contribution in [2.24, 2.45) is 11.3 Å². The summed E-state index contributed by atoms with van der Waals surface area (Å²) in [5.41, 5.74) is 1.95. The highest BCUT2D eigenvalue weighted by atomic mass is 16.1. The number of aryl methyl sites for hydroxylation is 1. The molecule has 0 radical (unpaired) electrons. The molecule has 0 aliphatic heterocycles. The SMILES string of the molecule is Cc1ccncc1C(=O)CC(C)C(C)(C)C. The second kappa shape index (κ2) is 4.77. The molecule has 1 unspecified atom stereocenters. The molecule has 1 aromatic heterocycles. The minimum absolute atomic E-state index is 0.172. The second-order valence-electron chi connectivity index (χ2n) is 5.58. The normalized spacial score (nSPS) is 13.6. The fourth-order valence-corrected chi connectivity index (χ4v) is 1.45. The van der Waals surface area contributed by atoms with Gasteiger partial charge in [-0.1, -0.05) is 27.7 Å². The van der Waals surface area contributed by atoms with Crippen molar-refractivity contribution in [2.75, 3.05) is 0 Å². The van der Waals surface area contributed by atoms with E-state index in [0.717, 1.165) is 11.1 Å². The molecule has 0 amide bonds. The number of hydrogen-bond donors (Lipinski definition) is 0. The van der Waals surface area contributed by atoms with Crippen LogP contribution in [0.2, 0.25) is 0 Å². The first kappa shape index (κ1) is 12.9. The third kappa shape index (κ3) is 3.16. The van der Waals surface area contributed by atoms with Crippen molar-refractivity contribution < 1.29 is 4.79 Å². The van der Waals surface area contributed by atoms with E-state index in [1.165, 1.54) is 0 Å². The summed E-state index contributed by atoms with van der Waals surface area (Å²) in [4.78, 5) is 16.1. The van der Waals surface area contributed by atoms with Gasteiger partial charge in [0.2, 0.25) is 0 Å². The third-order valence-corrected chi connectivity index (χ3v) is 3.31. The molecule has 0 fully saturated rings. The van der Waals surface area contributed by atoms with Gasteiger partial charge < -0.3 is 0 Å². The van der Waals surface area contributed by atoms with Crippen LogP contribution in [0.1, 0.15) is 50.0 Å². The van der Waals surface area contributed by atoms with E-state index in [9.17, 15) is 4.79 Å². The molecule has 1 rings (SSSR count). The largest absolute Gasteiger partial charge is 0.294 e. The van der Waals surface area contributed by atoms with Crippen LogP contribution in [0.5, 0.6) is 0 Å². The summed E-state index contributed by atoms with van der Waals surface area (Å²) in [6.07, 6.45) is 3.99. The first-order valence-electron chi connectivity index (χ1n) is 5.76. The second-order valence-corrected chi connectivity index (χ2v) is 5.58. The Morgan fingerprint density at radius 1 is 1.44 bits per heavy atom. The van der Waals surface area contributed by atoms with Gasteiger partial charge in [-0.15, -0.1) is 0 Å². The predicted molar refractivity (Wildman–Crippen MR) is 66.5 cm³/mol. The van der Waals surface area contributed by atoms with Crippen LogP contribution in [0.25, 0.3) is 0 Å². The van der Waals surface area contributed by atoms with Crippen molar-refractivity contribution in [2.45, 2.75) is 41.0 Å². The maximum absolute atomic E-state index is 12.1. The Balaban J connectivity index is 2.78. The molecule has 1 atom stereocenters. The van der Waals surface area contributed by atoms with Crippen molar-refractivity contribution in [1.29, 1.82) is 0 Å². The molecule has 1 aromatic rings. The number of hydrogen-bond acceptors (Lipinski definition) is 2. The summed E-state index contributed by atoms with van der Waals surface area (Å²) < 4.78 is 0. The van der Waals surface area contributed by atoms with E-state index >= 15 is 0 Å². The molecular weight excluding hydrogens is 198 g/mol. The zero-order chi connectivity index (χ0) is 12.3. The minimum Gasteiger partial charge on any atom is -0.294 e. The predicted octanol–water partition coefficient (Wildman–Crippen LogP) is 3.65. The number of Topliss-reactive ketones (excluding diaryl/α,β-unsaturated/α-hetero) is 1. The van der Waals surface area contributed by atoms with Gasteiger partial charge >= 0.3 is 0 Å². The molecular formula is C14H21NO. The van der Waals surface area contributed by atoms with Gasteiger partial charge in [0.05, 0.1) is 0 Å². The molecule has 0 aliphatic carbocycles. The van der Waals surface area contributed by atoms with Gasteiger partial charge in [-0.25, -0.2) is 0 Å². The average molecular weight is 219 g/mol. The van der Waals surface area contributed by atoms with E-state index in [1.54, 1.807) is 12.4 Å². The van der Waals surface area contributed by atoms with Crippen LogP contribution in [0.3, 0.4) is 0 Å².